The Morgan fingerprint density at radius 1 is 1.82 bits per heavy atom. The van der Waals surface area contributed by atoms with Gasteiger partial charge in [0.2, 0.25) is 0 Å². The lowest BCUT2D eigenvalue weighted by Crippen LogP contribution is -2.36. The monoisotopic (exact) mass is 190 g/mol. The van der Waals surface area contributed by atoms with E-state index < -0.39 is 0 Å². The molecule has 0 aromatic rings. The van der Waals surface area contributed by atoms with Gasteiger partial charge in [-0.3, -0.25) is 0 Å². The van der Waals surface area contributed by atoms with E-state index in [0.29, 0.717) is 10.4 Å². The number of likely N-dealkylation sites (N-methyl/N-ethyl adjacent to an activating group) is 1. The van der Waals surface area contributed by atoms with E-state index in [1.165, 1.54) is 19.4 Å². The smallest absolute Gasteiger partial charge is 0.130 e. The largest absolute Gasteiger partial charge is 0.370 e. The lowest BCUT2D eigenvalue weighted by molar-refractivity contribution is 0.311. The molecule has 0 amide bonds. The van der Waals surface area contributed by atoms with Crippen molar-refractivity contribution < 1.29 is 0 Å². The van der Waals surface area contributed by atoms with Gasteiger partial charge < -0.3 is 10.2 Å². The summed E-state index contributed by atoms with van der Waals surface area (Å²) in [6, 6.07) is 0.653. The highest BCUT2D eigenvalue weighted by atomic mass is 32.1. The fourth-order valence-corrected chi connectivity index (χ4v) is 1.62. The molecule has 1 rings (SSSR count). The predicted molar refractivity (Wildman–Crippen MR) is 55.2 cm³/mol. The summed E-state index contributed by atoms with van der Waals surface area (Å²) in [6.45, 7) is 2.16. The molecule has 1 N–H and O–H groups in total. The minimum Gasteiger partial charge on any atom is -0.370 e. The van der Waals surface area contributed by atoms with Crippen LogP contribution in [0.1, 0.15) is 12.8 Å². The van der Waals surface area contributed by atoms with E-state index in [1.54, 1.807) is 0 Å². The number of rotatable bonds is 2. The number of hydrogen-bond donors (Lipinski definition) is 2. The third-order valence-corrected chi connectivity index (χ3v) is 2.46. The number of likely N-dealkylation sites (tertiary alicyclic amines) is 1. The predicted octanol–water partition coefficient (Wildman–Crippen LogP) is 0.885. The zero-order chi connectivity index (χ0) is 8.27. The van der Waals surface area contributed by atoms with Gasteiger partial charge in [-0.15, -0.1) is 12.6 Å². The molecule has 0 radical (unpaired) electrons. The van der Waals surface area contributed by atoms with Gasteiger partial charge in [0.1, 0.15) is 4.32 Å². The molecule has 0 aromatic carbocycles. The van der Waals surface area contributed by atoms with Crippen molar-refractivity contribution in [3.63, 3.8) is 0 Å². The zero-order valence-electron chi connectivity index (χ0n) is 6.71. The van der Waals surface area contributed by atoms with Gasteiger partial charge in [-0.2, -0.15) is 0 Å². The molecule has 2 nitrogen and oxygen atoms in total. The van der Waals surface area contributed by atoms with Crippen LogP contribution < -0.4 is 5.32 Å². The summed E-state index contributed by atoms with van der Waals surface area (Å²) in [5.41, 5.74) is 0. The second-order valence-electron chi connectivity index (χ2n) is 2.96. The van der Waals surface area contributed by atoms with E-state index in [0.717, 1.165) is 6.54 Å². The molecule has 0 saturated carbocycles. The van der Waals surface area contributed by atoms with Gasteiger partial charge in [0.15, 0.2) is 0 Å². The Morgan fingerprint density at radius 2 is 2.55 bits per heavy atom. The van der Waals surface area contributed by atoms with Crippen LogP contribution in [-0.4, -0.2) is 35.4 Å². The highest BCUT2D eigenvalue weighted by Gasteiger charge is 2.19. The molecule has 1 fully saturated rings. The van der Waals surface area contributed by atoms with Crippen molar-refractivity contribution in [3.8, 4) is 0 Å². The first-order chi connectivity index (χ1) is 5.20. The molecule has 1 aliphatic rings. The van der Waals surface area contributed by atoms with Crippen molar-refractivity contribution in [2.45, 2.75) is 18.9 Å². The van der Waals surface area contributed by atoms with Crippen LogP contribution in [0.4, 0.5) is 0 Å². The van der Waals surface area contributed by atoms with Crippen LogP contribution in [0.15, 0.2) is 0 Å². The molecule has 64 valence electrons. The van der Waals surface area contributed by atoms with Crippen LogP contribution in [0.2, 0.25) is 0 Å². The maximum absolute atomic E-state index is 4.80. The first-order valence-corrected chi connectivity index (χ1v) is 4.72. The van der Waals surface area contributed by atoms with Crippen LogP contribution in [0.25, 0.3) is 0 Å². The SMILES string of the molecule is CN1CCCC1CNC(=S)S. The average molecular weight is 190 g/mol. The standard InChI is InChI=1S/C7H14N2S2/c1-9-4-2-3-6(9)5-8-7(10)11/h6H,2-5H2,1H3,(H2,8,10,11). The van der Waals surface area contributed by atoms with E-state index in [-0.39, 0.29) is 0 Å². The normalized spacial score (nSPS) is 25.5. The second kappa shape index (κ2) is 4.28. The highest BCUT2D eigenvalue weighted by Crippen LogP contribution is 2.13. The molecular formula is C7H14N2S2. The summed E-state index contributed by atoms with van der Waals surface area (Å²) in [5, 5.41) is 3.07. The number of nitrogens with one attached hydrogen (secondary N) is 1. The molecule has 0 aromatic heterocycles. The summed E-state index contributed by atoms with van der Waals surface area (Å²) in [5.74, 6) is 0. The van der Waals surface area contributed by atoms with Gasteiger partial charge in [0, 0.05) is 12.6 Å². The fourth-order valence-electron chi connectivity index (χ4n) is 1.44. The molecule has 1 heterocycles. The lowest BCUT2D eigenvalue weighted by Gasteiger charge is -2.19. The minimum absolute atomic E-state index is 0.602. The van der Waals surface area contributed by atoms with Gasteiger partial charge in [-0.25, -0.2) is 0 Å². The number of nitrogens with zero attached hydrogens (tertiary/aromatic N) is 1. The molecule has 1 unspecified atom stereocenters. The Morgan fingerprint density at radius 3 is 3.00 bits per heavy atom. The van der Waals surface area contributed by atoms with Gasteiger partial charge >= 0.3 is 0 Å². The van der Waals surface area contributed by atoms with Gasteiger partial charge in [-0.05, 0) is 26.4 Å². The molecule has 0 aliphatic carbocycles. The fraction of sp³-hybridized carbons (Fsp3) is 0.857. The average Bonchev–Trinajstić information content (AvgIpc) is 2.31. The lowest BCUT2D eigenvalue weighted by atomic mass is 10.2. The third-order valence-electron chi connectivity index (χ3n) is 2.16. The first-order valence-electron chi connectivity index (χ1n) is 3.87. The third kappa shape index (κ3) is 2.97. The van der Waals surface area contributed by atoms with Crippen molar-refractivity contribution in [2.75, 3.05) is 20.1 Å². The van der Waals surface area contributed by atoms with Crippen LogP contribution in [0, 0.1) is 0 Å². The second-order valence-corrected chi connectivity index (χ2v) is 4.12. The molecule has 0 bridgehead atoms. The van der Waals surface area contributed by atoms with E-state index in [9.17, 15) is 0 Å². The Balaban J connectivity index is 2.20. The van der Waals surface area contributed by atoms with Gasteiger partial charge in [-0.1, -0.05) is 12.2 Å². The molecule has 1 aliphatic heterocycles. The zero-order valence-corrected chi connectivity index (χ0v) is 8.42. The van der Waals surface area contributed by atoms with Crippen LogP contribution in [0.5, 0.6) is 0 Å². The molecule has 11 heavy (non-hydrogen) atoms. The van der Waals surface area contributed by atoms with Crippen LogP contribution in [-0.2, 0) is 0 Å². The number of thiocarbonyl (C=S) groups is 1. The molecular weight excluding hydrogens is 176 g/mol. The Hall–Kier alpha value is 0.200. The quantitative estimate of drug-likeness (QED) is 0.497. The van der Waals surface area contributed by atoms with E-state index in [2.05, 4.69) is 29.9 Å². The topological polar surface area (TPSA) is 15.3 Å². The van der Waals surface area contributed by atoms with Crippen LogP contribution >= 0.6 is 24.8 Å². The van der Waals surface area contributed by atoms with Gasteiger partial charge in [0.25, 0.3) is 0 Å². The Kier molecular flexibility index (Phi) is 3.62. The summed E-state index contributed by atoms with van der Waals surface area (Å²) < 4.78 is 0.602. The van der Waals surface area contributed by atoms with Crippen molar-refractivity contribution in [1.82, 2.24) is 10.2 Å². The van der Waals surface area contributed by atoms with E-state index >= 15 is 0 Å². The highest BCUT2D eigenvalue weighted by molar-refractivity contribution is 8.11. The van der Waals surface area contributed by atoms with E-state index in [4.69, 9.17) is 12.2 Å². The Labute approximate surface area is 78.7 Å². The molecule has 0 spiro atoms. The number of thiol groups is 1. The maximum atomic E-state index is 4.80. The Bertz CT molecular complexity index is 149. The summed E-state index contributed by atoms with van der Waals surface area (Å²) >= 11 is 8.81. The summed E-state index contributed by atoms with van der Waals surface area (Å²) in [7, 11) is 2.15. The first kappa shape index (κ1) is 9.29. The van der Waals surface area contributed by atoms with E-state index in [1.807, 2.05) is 0 Å². The summed E-state index contributed by atoms with van der Waals surface area (Å²) in [4.78, 5) is 2.36. The van der Waals surface area contributed by atoms with Crippen LogP contribution in [0.3, 0.4) is 0 Å². The molecule has 1 atom stereocenters. The maximum Gasteiger partial charge on any atom is 0.130 e. The van der Waals surface area contributed by atoms with Gasteiger partial charge in [0.05, 0.1) is 0 Å². The van der Waals surface area contributed by atoms with Crippen molar-refractivity contribution >= 4 is 29.2 Å². The number of hydrogen-bond acceptors (Lipinski definition) is 2. The summed E-state index contributed by atoms with van der Waals surface area (Å²) in [6.07, 6.45) is 2.59. The van der Waals surface area contributed by atoms with Crippen molar-refractivity contribution in [2.24, 2.45) is 0 Å². The minimum atomic E-state index is 0.602. The van der Waals surface area contributed by atoms with Crippen molar-refractivity contribution in [1.29, 1.82) is 0 Å². The van der Waals surface area contributed by atoms with Crippen molar-refractivity contribution in [3.05, 3.63) is 0 Å². The molecule has 4 heteroatoms. The molecule has 1 saturated heterocycles.